The second-order valence-corrected chi connectivity index (χ2v) is 6.80. The summed E-state index contributed by atoms with van der Waals surface area (Å²) in [5.74, 6) is -1.54. The molecule has 4 nitrogen and oxygen atoms in total. The summed E-state index contributed by atoms with van der Waals surface area (Å²) in [7, 11) is 0. The van der Waals surface area contributed by atoms with Gasteiger partial charge in [0.1, 0.15) is 11.9 Å². The number of nitrogens with zero attached hydrogens (tertiary/aromatic N) is 1. The maximum Gasteiger partial charge on any atom is 0.327 e. The summed E-state index contributed by atoms with van der Waals surface area (Å²) in [6.07, 6.45) is 2.57. The van der Waals surface area contributed by atoms with Gasteiger partial charge in [-0.05, 0) is 31.2 Å². The molecule has 1 amide bonds. The number of carboxylic acids is 1. The first-order valence-corrected chi connectivity index (χ1v) is 8.04. The first-order valence-electron chi connectivity index (χ1n) is 6.20. The van der Waals surface area contributed by atoms with Crippen LogP contribution in [0, 0.1) is 5.82 Å². The van der Waals surface area contributed by atoms with E-state index in [1.807, 2.05) is 0 Å². The zero-order valence-electron chi connectivity index (χ0n) is 11.1. The third-order valence-corrected chi connectivity index (χ3v) is 4.84. The maximum atomic E-state index is 13.6. The van der Waals surface area contributed by atoms with Crippen molar-refractivity contribution >= 4 is 45.6 Å². The van der Waals surface area contributed by atoms with E-state index in [9.17, 15) is 14.0 Å². The Morgan fingerprint density at radius 1 is 1.52 bits per heavy atom. The molecule has 0 aromatic heterocycles. The fraction of sp³-hybridized carbons (Fsp3) is 0.286. The Kier molecular flexibility index (Phi) is 5.05. The molecule has 21 heavy (non-hydrogen) atoms. The minimum atomic E-state index is -1.03. The van der Waals surface area contributed by atoms with Gasteiger partial charge in [-0.25, -0.2) is 9.18 Å². The molecule has 1 fully saturated rings. The highest BCUT2D eigenvalue weighted by molar-refractivity contribution is 9.10. The van der Waals surface area contributed by atoms with Crippen LogP contribution in [-0.4, -0.2) is 39.1 Å². The number of benzene rings is 1. The van der Waals surface area contributed by atoms with Gasteiger partial charge >= 0.3 is 5.97 Å². The number of aliphatic carboxylic acids is 1. The lowest BCUT2D eigenvalue weighted by atomic mass is 10.2. The molecule has 1 saturated heterocycles. The largest absolute Gasteiger partial charge is 0.480 e. The Hall–Kier alpha value is -1.34. The topological polar surface area (TPSA) is 57.6 Å². The molecule has 1 aliphatic heterocycles. The molecule has 1 N–H and O–H groups in total. The summed E-state index contributed by atoms with van der Waals surface area (Å²) >= 11 is 4.64. The number of amides is 1. The summed E-state index contributed by atoms with van der Waals surface area (Å²) in [4.78, 5) is 24.6. The Morgan fingerprint density at radius 3 is 2.90 bits per heavy atom. The molecule has 1 heterocycles. The number of halogens is 2. The van der Waals surface area contributed by atoms with E-state index in [0.717, 1.165) is 0 Å². The van der Waals surface area contributed by atoms with Crippen molar-refractivity contribution in [3.05, 3.63) is 40.1 Å². The van der Waals surface area contributed by atoms with Crippen molar-refractivity contribution in [3.63, 3.8) is 0 Å². The van der Waals surface area contributed by atoms with Gasteiger partial charge in [-0.2, -0.15) is 0 Å². The number of hydrogen-bond acceptors (Lipinski definition) is 3. The Labute approximate surface area is 134 Å². The van der Waals surface area contributed by atoms with E-state index in [2.05, 4.69) is 15.9 Å². The molecule has 0 bridgehead atoms. The van der Waals surface area contributed by atoms with Crippen LogP contribution in [0.25, 0.3) is 6.08 Å². The highest BCUT2D eigenvalue weighted by Crippen LogP contribution is 2.29. The van der Waals surface area contributed by atoms with Crippen LogP contribution >= 0.6 is 27.7 Å². The van der Waals surface area contributed by atoms with Crippen molar-refractivity contribution in [1.29, 1.82) is 0 Å². The Bertz CT molecular complexity index is 608. The second kappa shape index (κ2) is 6.62. The fourth-order valence-corrected chi connectivity index (χ4v) is 3.61. The van der Waals surface area contributed by atoms with Gasteiger partial charge in [0.25, 0.3) is 0 Å². The van der Waals surface area contributed by atoms with Crippen molar-refractivity contribution in [1.82, 2.24) is 4.90 Å². The van der Waals surface area contributed by atoms with Gasteiger partial charge in [0.2, 0.25) is 5.91 Å². The smallest absolute Gasteiger partial charge is 0.327 e. The van der Waals surface area contributed by atoms with E-state index in [0.29, 0.717) is 10.2 Å². The zero-order valence-corrected chi connectivity index (χ0v) is 13.5. The zero-order chi connectivity index (χ0) is 15.6. The standard InChI is InChI=1S/C14H13BrFNO3S/c1-8-17(12(7-21-8)14(19)20)13(18)5-2-9-6-10(15)3-4-11(9)16/h2-6,8,12H,7H2,1H3,(H,19,20). The van der Waals surface area contributed by atoms with E-state index in [1.54, 1.807) is 19.1 Å². The molecule has 0 radical (unpaired) electrons. The summed E-state index contributed by atoms with van der Waals surface area (Å²) in [6.45, 7) is 1.78. The molecular weight excluding hydrogens is 361 g/mol. The van der Waals surface area contributed by atoms with Gasteiger partial charge in [-0.15, -0.1) is 11.8 Å². The average Bonchev–Trinajstić information content (AvgIpc) is 2.81. The summed E-state index contributed by atoms with van der Waals surface area (Å²) in [5, 5.41) is 8.91. The molecule has 1 aliphatic rings. The number of carboxylic acid groups (broad SMARTS) is 1. The first kappa shape index (κ1) is 16.0. The summed E-state index contributed by atoms with van der Waals surface area (Å²) < 4.78 is 14.3. The lowest BCUT2D eigenvalue weighted by molar-refractivity contribution is -0.147. The van der Waals surface area contributed by atoms with E-state index >= 15 is 0 Å². The molecule has 7 heteroatoms. The van der Waals surface area contributed by atoms with Gasteiger partial charge < -0.3 is 10.0 Å². The summed E-state index contributed by atoms with van der Waals surface area (Å²) in [5.41, 5.74) is 0.268. The molecule has 2 unspecified atom stereocenters. The number of carbonyl (C=O) groups is 2. The quantitative estimate of drug-likeness (QED) is 0.827. The predicted octanol–water partition coefficient (Wildman–Crippen LogP) is 2.98. The van der Waals surface area contributed by atoms with Gasteiger partial charge in [-0.1, -0.05) is 15.9 Å². The molecule has 2 atom stereocenters. The molecule has 1 aromatic carbocycles. The van der Waals surface area contributed by atoms with Crippen LogP contribution in [0.3, 0.4) is 0 Å². The van der Waals surface area contributed by atoms with E-state index in [4.69, 9.17) is 5.11 Å². The van der Waals surface area contributed by atoms with Crippen LogP contribution in [0.2, 0.25) is 0 Å². The highest BCUT2D eigenvalue weighted by Gasteiger charge is 2.38. The molecule has 1 aromatic rings. The van der Waals surface area contributed by atoms with Crippen LogP contribution in [-0.2, 0) is 9.59 Å². The predicted molar refractivity (Wildman–Crippen MR) is 83.3 cm³/mol. The van der Waals surface area contributed by atoms with Crippen LogP contribution in [0.4, 0.5) is 4.39 Å². The number of thioether (sulfide) groups is 1. The first-order chi connectivity index (χ1) is 9.90. The highest BCUT2D eigenvalue weighted by atomic mass is 79.9. The number of carbonyl (C=O) groups excluding carboxylic acids is 1. The molecule has 0 spiro atoms. The van der Waals surface area contributed by atoms with Gasteiger partial charge in [0.15, 0.2) is 0 Å². The third kappa shape index (κ3) is 3.65. The lowest BCUT2D eigenvalue weighted by Gasteiger charge is -2.23. The summed E-state index contributed by atoms with van der Waals surface area (Å²) in [6, 6.07) is 3.57. The van der Waals surface area contributed by atoms with E-state index < -0.39 is 23.7 Å². The minimum absolute atomic E-state index is 0.212. The fourth-order valence-electron chi connectivity index (χ4n) is 2.06. The van der Waals surface area contributed by atoms with Gasteiger partial charge in [0, 0.05) is 21.9 Å². The van der Waals surface area contributed by atoms with Gasteiger partial charge in [0.05, 0.1) is 5.37 Å². The van der Waals surface area contributed by atoms with Crippen LogP contribution in [0.15, 0.2) is 28.7 Å². The SMILES string of the molecule is CC1SCC(C(=O)O)N1C(=O)C=Cc1cc(Br)ccc1F. The number of rotatable bonds is 3. The van der Waals surface area contributed by atoms with Gasteiger partial charge in [-0.3, -0.25) is 4.79 Å². The van der Waals surface area contributed by atoms with Crippen LogP contribution in [0.5, 0.6) is 0 Å². The van der Waals surface area contributed by atoms with Crippen molar-refractivity contribution in [2.45, 2.75) is 18.3 Å². The van der Waals surface area contributed by atoms with Crippen molar-refractivity contribution < 1.29 is 19.1 Å². The molecule has 2 rings (SSSR count). The second-order valence-electron chi connectivity index (χ2n) is 4.53. The Morgan fingerprint density at radius 2 is 2.24 bits per heavy atom. The number of hydrogen-bond donors (Lipinski definition) is 1. The van der Waals surface area contributed by atoms with Crippen LogP contribution in [0.1, 0.15) is 12.5 Å². The minimum Gasteiger partial charge on any atom is -0.480 e. The molecule has 0 saturated carbocycles. The van der Waals surface area contributed by atoms with E-state index in [1.165, 1.54) is 34.9 Å². The van der Waals surface area contributed by atoms with Crippen molar-refractivity contribution in [2.24, 2.45) is 0 Å². The molecule has 112 valence electrons. The van der Waals surface area contributed by atoms with Crippen molar-refractivity contribution in [2.75, 3.05) is 5.75 Å². The molecular formula is C14H13BrFNO3S. The normalized spacial score (nSPS) is 22.0. The maximum absolute atomic E-state index is 13.6. The van der Waals surface area contributed by atoms with E-state index in [-0.39, 0.29) is 10.9 Å². The van der Waals surface area contributed by atoms with Crippen molar-refractivity contribution in [3.8, 4) is 0 Å². The third-order valence-electron chi connectivity index (χ3n) is 3.13. The van der Waals surface area contributed by atoms with Crippen LogP contribution < -0.4 is 0 Å². The average molecular weight is 374 g/mol. The lowest BCUT2D eigenvalue weighted by Crippen LogP contribution is -2.43. The monoisotopic (exact) mass is 373 g/mol. The molecule has 0 aliphatic carbocycles. The Balaban J connectivity index is 2.18.